The van der Waals surface area contributed by atoms with Crippen molar-refractivity contribution in [2.24, 2.45) is 0 Å². The molecule has 96 valence electrons. The van der Waals surface area contributed by atoms with Crippen molar-refractivity contribution in [3.8, 4) is 0 Å². The number of hydrogen-bond donors (Lipinski definition) is 1. The standard InChI is InChI=1S/C15H25NO/c1-7-8-15(5,6)12-10-16-13(17)9-11(12)14(2,3)4/h9-10H,7-8H2,1-6H3,(H,16,17). The quantitative estimate of drug-likeness (QED) is 0.850. The van der Waals surface area contributed by atoms with E-state index in [1.54, 1.807) is 6.07 Å². The van der Waals surface area contributed by atoms with Crippen LogP contribution in [-0.4, -0.2) is 4.98 Å². The minimum absolute atomic E-state index is 0.00836. The maximum absolute atomic E-state index is 11.5. The first-order valence-electron chi connectivity index (χ1n) is 6.42. The molecule has 0 aliphatic heterocycles. The zero-order valence-electron chi connectivity index (χ0n) is 12.0. The summed E-state index contributed by atoms with van der Waals surface area (Å²) in [5.41, 5.74) is 2.55. The van der Waals surface area contributed by atoms with Crippen LogP contribution >= 0.6 is 0 Å². The van der Waals surface area contributed by atoms with Crippen LogP contribution in [-0.2, 0) is 10.8 Å². The number of nitrogens with one attached hydrogen (secondary N) is 1. The fraction of sp³-hybridized carbons (Fsp3) is 0.667. The summed E-state index contributed by atoms with van der Waals surface area (Å²) in [6.45, 7) is 13.2. The molecule has 0 saturated heterocycles. The van der Waals surface area contributed by atoms with Crippen LogP contribution in [0.2, 0.25) is 0 Å². The third-order valence-corrected chi connectivity index (χ3v) is 3.34. The lowest BCUT2D eigenvalue weighted by Crippen LogP contribution is -2.27. The Balaban J connectivity index is 3.39. The number of rotatable bonds is 3. The molecule has 17 heavy (non-hydrogen) atoms. The Morgan fingerprint density at radius 3 is 2.18 bits per heavy atom. The summed E-state index contributed by atoms with van der Waals surface area (Å²) in [6, 6.07) is 1.76. The molecule has 1 heterocycles. The van der Waals surface area contributed by atoms with Crippen LogP contribution in [0.1, 0.15) is 65.5 Å². The molecule has 0 bridgehead atoms. The van der Waals surface area contributed by atoms with Crippen LogP contribution in [0.3, 0.4) is 0 Å². The molecule has 0 unspecified atom stereocenters. The van der Waals surface area contributed by atoms with E-state index in [2.05, 4.69) is 46.5 Å². The van der Waals surface area contributed by atoms with Crippen molar-refractivity contribution >= 4 is 0 Å². The van der Waals surface area contributed by atoms with Crippen LogP contribution in [0.5, 0.6) is 0 Å². The average Bonchev–Trinajstić information content (AvgIpc) is 2.15. The van der Waals surface area contributed by atoms with Gasteiger partial charge in [-0.15, -0.1) is 0 Å². The van der Waals surface area contributed by atoms with Crippen LogP contribution in [0, 0.1) is 0 Å². The highest BCUT2D eigenvalue weighted by molar-refractivity contribution is 5.35. The zero-order valence-corrected chi connectivity index (χ0v) is 12.0. The average molecular weight is 235 g/mol. The van der Waals surface area contributed by atoms with Gasteiger partial charge in [0.15, 0.2) is 0 Å². The van der Waals surface area contributed by atoms with Gasteiger partial charge in [0.05, 0.1) is 0 Å². The first kappa shape index (κ1) is 14.0. The molecule has 2 heteroatoms. The van der Waals surface area contributed by atoms with E-state index >= 15 is 0 Å². The lowest BCUT2D eigenvalue weighted by Gasteiger charge is -2.32. The third kappa shape index (κ3) is 3.21. The van der Waals surface area contributed by atoms with Crippen LogP contribution < -0.4 is 5.56 Å². The Bertz CT molecular complexity index is 435. The highest BCUT2D eigenvalue weighted by Crippen LogP contribution is 2.35. The second-order valence-electron chi connectivity index (χ2n) is 6.51. The van der Waals surface area contributed by atoms with E-state index in [9.17, 15) is 4.79 Å². The monoisotopic (exact) mass is 235 g/mol. The third-order valence-electron chi connectivity index (χ3n) is 3.34. The van der Waals surface area contributed by atoms with E-state index in [0.717, 1.165) is 12.8 Å². The Morgan fingerprint density at radius 1 is 1.12 bits per heavy atom. The van der Waals surface area contributed by atoms with Crippen molar-refractivity contribution in [1.82, 2.24) is 4.98 Å². The summed E-state index contributed by atoms with van der Waals surface area (Å²) in [6.07, 6.45) is 4.18. The van der Waals surface area contributed by atoms with Gasteiger partial charge in [-0.3, -0.25) is 4.79 Å². The largest absolute Gasteiger partial charge is 0.329 e. The minimum atomic E-state index is -0.00836. The predicted molar refractivity (Wildman–Crippen MR) is 73.7 cm³/mol. The number of aromatic amines is 1. The molecule has 0 atom stereocenters. The predicted octanol–water partition coefficient (Wildman–Crippen LogP) is 3.75. The molecule has 2 nitrogen and oxygen atoms in total. The first-order chi connectivity index (χ1) is 7.68. The van der Waals surface area contributed by atoms with Crippen molar-refractivity contribution in [3.63, 3.8) is 0 Å². The van der Waals surface area contributed by atoms with Gasteiger partial charge in [0.2, 0.25) is 5.56 Å². The van der Waals surface area contributed by atoms with Gasteiger partial charge in [-0.05, 0) is 28.4 Å². The summed E-state index contributed by atoms with van der Waals surface area (Å²) in [5.74, 6) is 0. The van der Waals surface area contributed by atoms with Crippen molar-refractivity contribution in [1.29, 1.82) is 0 Å². The van der Waals surface area contributed by atoms with E-state index < -0.39 is 0 Å². The summed E-state index contributed by atoms with van der Waals surface area (Å²) >= 11 is 0. The fourth-order valence-electron chi connectivity index (χ4n) is 2.41. The lowest BCUT2D eigenvalue weighted by atomic mass is 9.73. The highest BCUT2D eigenvalue weighted by atomic mass is 16.1. The van der Waals surface area contributed by atoms with E-state index in [0.29, 0.717) is 0 Å². The Hall–Kier alpha value is -1.05. The van der Waals surface area contributed by atoms with E-state index in [1.807, 2.05) is 6.20 Å². The number of H-pyrrole nitrogens is 1. The molecule has 0 aromatic carbocycles. The SMILES string of the molecule is CCCC(C)(C)c1c[nH]c(=O)cc1C(C)(C)C. The molecule has 0 aliphatic carbocycles. The number of hydrogen-bond acceptors (Lipinski definition) is 1. The van der Waals surface area contributed by atoms with E-state index in [4.69, 9.17) is 0 Å². The topological polar surface area (TPSA) is 32.9 Å². The molecule has 0 radical (unpaired) electrons. The number of aromatic nitrogens is 1. The summed E-state index contributed by atoms with van der Waals surface area (Å²) in [5, 5.41) is 0. The van der Waals surface area contributed by atoms with Gasteiger partial charge in [0, 0.05) is 12.3 Å². The fourth-order valence-corrected chi connectivity index (χ4v) is 2.41. The normalized spacial score (nSPS) is 12.8. The van der Waals surface area contributed by atoms with Crippen molar-refractivity contribution in [2.75, 3.05) is 0 Å². The minimum Gasteiger partial charge on any atom is -0.329 e. The van der Waals surface area contributed by atoms with Crippen LogP contribution in [0.4, 0.5) is 0 Å². The van der Waals surface area contributed by atoms with Crippen molar-refractivity contribution in [2.45, 2.75) is 65.2 Å². The Labute approximate surface area is 104 Å². The molecule has 1 aromatic heterocycles. The smallest absolute Gasteiger partial charge is 0.248 e. The maximum Gasteiger partial charge on any atom is 0.248 e. The maximum atomic E-state index is 11.5. The zero-order chi connectivity index (χ0) is 13.3. The van der Waals surface area contributed by atoms with Crippen LogP contribution in [0.15, 0.2) is 17.1 Å². The van der Waals surface area contributed by atoms with Gasteiger partial charge < -0.3 is 4.98 Å². The molecular formula is C15H25NO. The van der Waals surface area contributed by atoms with Crippen molar-refractivity contribution < 1.29 is 0 Å². The molecule has 1 N–H and O–H groups in total. The molecule has 1 rings (SSSR count). The Morgan fingerprint density at radius 2 is 1.71 bits per heavy atom. The highest BCUT2D eigenvalue weighted by Gasteiger charge is 2.28. The van der Waals surface area contributed by atoms with Crippen LogP contribution in [0.25, 0.3) is 0 Å². The first-order valence-corrected chi connectivity index (χ1v) is 6.42. The van der Waals surface area contributed by atoms with Gasteiger partial charge in [0.1, 0.15) is 0 Å². The van der Waals surface area contributed by atoms with Gasteiger partial charge >= 0.3 is 0 Å². The lowest BCUT2D eigenvalue weighted by molar-refractivity contribution is 0.452. The van der Waals surface area contributed by atoms with Gasteiger partial charge in [-0.2, -0.15) is 0 Å². The summed E-state index contributed by atoms with van der Waals surface area (Å²) < 4.78 is 0. The summed E-state index contributed by atoms with van der Waals surface area (Å²) in [7, 11) is 0. The van der Waals surface area contributed by atoms with E-state index in [-0.39, 0.29) is 16.4 Å². The number of pyridine rings is 1. The molecule has 0 saturated carbocycles. The molecule has 0 fully saturated rings. The summed E-state index contributed by atoms with van der Waals surface area (Å²) in [4.78, 5) is 14.3. The molecule has 0 amide bonds. The molecule has 0 aliphatic rings. The second kappa shape index (κ2) is 4.67. The van der Waals surface area contributed by atoms with Gasteiger partial charge in [-0.1, -0.05) is 48.0 Å². The Kier molecular flexibility index (Phi) is 3.85. The molecular weight excluding hydrogens is 210 g/mol. The van der Waals surface area contributed by atoms with Gasteiger partial charge in [0.25, 0.3) is 0 Å². The molecule has 0 spiro atoms. The van der Waals surface area contributed by atoms with E-state index in [1.165, 1.54) is 11.1 Å². The van der Waals surface area contributed by atoms with Crippen molar-refractivity contribution in [3.05, 3.63) is 33.7 Å². The second-order valence-corrected chi connectivity index (χ2v) is 6.51. The van der Waals surface area contributed by atoms with Gasteiger partial charge in [-0.25, -0.2) is 0 Å². The molecule has 1 aromatic rings.